The van der Waals surface area contributed by atoms with E-state index in [4.69, 9.17) is 5.11 Å². The second kappa shape index (κ2) is 8.84. The van der Waals surface area contributed by atoms with Crippen molar-refractivity contribution in [3.63, 3.8) is 0 Å². The smallest absolute Gasteiger partial charge is 0.317 e. The van der Waals surface area contributed by atoms with Crippen molar-refractivity contribution in [1.29, 1.82) is 0 Å². The first-order valence-corrected chi connectivity index (χ1v) is 6.24. The maximum atomic E-state index is 11.7. The van der Waals surface area contributed by atoms with Crippen LogP contribution in [0.1, 0.15) is 46.0 Å². The van der Waals surface area contributed by atoms with E-state index in [2.05, 4.69) is 12.2 Å². The number of carboxylic acid groups (broad SMARTS) is 1. The van der Waals surface area contributed by atoms with Crippen LogP contribution in [0.3, 0.4) is 0 Å². The van der Waals surface area contributed by atoms with Crippen LogP contribution in [-0.4, -0.2) is 41.6 Å². The summed E-state index contributed by atoms with van der Waals surface area (Å²) in [6.45, 7) is 4.61. The summed E-state index contributed by atoms with van der Waals surface area (Å²) in [4.78, 5) is 23.6. The number of hydrogen-bond donors (Lipinski definition) is 2. The van der Waals surface area contributed by atoms with E-state index >= 15 is 0 Å². The third-order valence-corrected chi connectivity index (χ3v) is 2.69. The van der Waals surface area contributed by atoms with Gasteiger partial charge >= 0.3 is 12.0 Å². The third-order valence-electron chi connectivity index (χ3n) is 2.69. The first-order chi connectivity index (χ1) is 8.01. The van der Waals surface area contributed by atoms with Crippen LogP contribution in [0.2, 0.25) is 0 Å². The Hall–Kier alpha value is -1.26. The summed E-state index contributed by atoms with van der Waals surface area (Å²) < 4.78 is 0. The van der Waals surface area contributed by atoms with Crippen molar-refractivity contribution in [2.45, 2.75) is 52.0 Å². The van der Waals surface area contributed by atoms with E-state index < -0.39 is 5.97 Å². The minimum Gasteiger partial charge on any atom is -0.481 e. The van der Waals surface area contributed by atoms with Gasteiger partial charge in [-0.1, -0.05) is 20.3 Å². The van der Waals surface area contributed by atoms with Crippen LogP contribution >= 0.6 is 0 Å². The molecular weight excluding hydrogens is 220 g/mol. The first-order valence-electron chi connectivity index (χ1n) is 6.24. The van der Waals surface area contributed by atoms with Gasteiger partial charge in [-0.15, -0.1) is 0 Å². The van der Waals surface area contributed by atoms with Crippen LogP contribution in [-0.2, 0) is 4.79 Å². The normalized spacial score (nSPS) is 11.9. The monoisotopic (exact) mass is 244 g/mol. The zero-order chi connectivity index (χ0) is 13.3. The summed E-state index contributed by atoms with van der Waals surface area (Å²) >= 11 is 0. The van der Waals surface area contributed by atoms with Crippen LogP contribution in [0.5, 0.6) is 0 Å². The molecule has 0 saturated carbocycles. The maximum absolute atomic E-state index is 11.7. The number of rotatable bonds is 8. The predicted molar refractivity (Wildman–Crippen MR) is 67.0 cm³/mol. The second-order valence-corrected chi connectivity index (χ2v) is 4.26. The summed E-state index contributed by atoms with van der Waals surface area (Å²) in [7, 11) is 1.69. The molecule has 0 fully saturated rings. The van der Waals surface area contributed by atoms with Crippen molar-refractivity contribution in [2.24, 2.45) is 0 Å². The molecule has 0 radical (unpaired) electrons. The van der Waals surface area contributed by atoms with E-state index in [-0.39, 0.29) is 18.5 Å². The summed E-state index contributed by atoms with van der Waals surface area (Å²) in [6, 6.07) is 0.102. The van der Waals surface area contributed by atoms with Gasteiger partial charge in [0.15, 0.2) is 0 Å². The van der Waals surface area contributed by atoms with Crippen LogP contribution in [0, 0.1) is 0 Å². The number of urea groups is 1. The summed E-state index contributed by atoms with van der Waals surface area (Å²) in [5.41, 5.74) is 0. The Morgan fingerprint density at radius 3 is 2.47 bits per heavy atom. The highest BCUT2D eigenvalue weighted by Gasteiger charge is 2.13. The van der Waals surface area contributed by atoms with Gasteiger partial charge in [-0.25, -0.2) is 4.79 Å². The fourth-order valence-electron chi connectivity index (χ4n) is 1.58. The Kier molecular flexibility index (Phi) is 8.19. The lowest BCUT2D eigenvalue weighted by molar-refractivity contribution is -0.137. The Morgan fingerprint density at radius 2 is 2.00 bits per heavy atom. The quantitative estimate of drug-likeness (QED) is 0.686. The fraction of sp³-hybridized carbons (Fsp3) is 0.833. The zero-order valence-electron chi connectivity index (χ0n) is 11.0. The van der Waals surface area contributed by atoms with Crippen molar-refractivity contribution in [3.8, 4) is 0 Å². The van der Waals surface area contributed by atoms with Gasteiger partial charge in [0.05, 0.1) is 0 Å². The molecule has 1 atom stereocenters. The van der Waals surface area contributed by atoms with E-state index in [1.54, 1.807) is 11.9 Å². The van der Waals surface area contributed by atoms with Crippen LogP contribution in [0.4, 0.5) is 4.79 Å². The molecule has 0 aliphatic heterocycles. The molecule has 5 heteroatoms. The zero-order valence-corrected chi connectivity index (χ0v) is 11.0. The van der Waals surface area contributed by atoms with Gasteiger partial charge in [0.2, 0.25) is 0 Å². The molecule has 17 heavy (non-hydrogen) atoms. The number of carbonyl (C=O) groups excluding carboxylic acids is 1. The number of amides is 2. The number of aliphatic carboxylic acids is 1. The van der Waals surface area contributed by atoms with Crippen LogP contribution in [0.25, 0.3) is 0 Å². The van der Waals surface area contributed by atoms with Gasteiger partial charge < -0.3 is 15.3 Å². The van der Waals surface area contributed by atoms with Crippen molar-refractivity contribution >= 4 is 12.0 Å². The lowest BCUT2D eigenvalue weighted by Crippen LogP contribution is -2.43. The number of nitrogens with one attached hydrogen (secondary N) is 1. The van der Waals surface area contributed by atoms with Gasteiger partial charge in [-0.05, 0) is 19.3 Å². The van der Waals surface area contributed by atoms with E-state index in [1.165, 1.54) is 0 Å². The molecule has 0 aliphatic carbocycles. The molecule has 2 amide bonds. The van der Waals surface area contributed by atoms with Gasteiger partial charge in [0, 0.05) is 26.1 Å². The molecule has 100 valence electrons. The van der Waals surface area contributed by atoms with E-state index in [1.807, 2.05) is 6.92 Å². The lowest BCUT2D eigenvalue weighted by atomic mass is 10.1. The van der Waals surface area contributed by atoms with E-state index in [9.17, 15) is 9.59 Å². The van der Waals surface area contributed by atoms with Crippen LogP contribution < -0.4 is 5.32 Å². The molecule has 0 bridgehead atoms. The molecule has 0 aromatic rings. The Labute approximate surface area is 103 Å². The molecule has 0 aromatic carbocycles. The van der Waals surface area contributed by atoms with E-state index in [0.717, 1.165) is 19.3 Å². The fourth-order valence-corrected chi connectivity index (χ4v) is 1.58. The molecule has 2 N–H and O–H groups in total. The number of nitrogens with zero attached hydrogens (tertiary/aromatic N) is 1. The molecule has 0 saturated heterocycles. The molecular formula is C12H24N2O3. The molecule has 5 nitrogen and oxygen atoms in total. The number of carbonyl (C=O) groups is 2. The highest BCUT2D eigenvalue weighted by molar-refractivity contribution is 5.74. The minimum absolute atomic E-state index is 0.101. The molecule has 0 spiro atoms. The molecule has 0 rings (SSSR count). The Morgan fingerprint density at radius 1 is 1.35 bits per heavy atom. The van der Waals surface area contributed by atoms with Crippen molar-refractivity contribution < 1.29 is 14.7 Å². The molecule has 0 aromatic heterocycles. The third kappa shape index (κ3) is 7.60. The SMILES string of the molecule is CCCC(CC)NC(=O)N(C)CCCC(=O)O. The number of hydrogen-bond acceptors (Lipinski definition) is 2. The first kappa shape index (κ1) is 15.7. The van der Waals surface area contributed by atoms with Gasteiger partial charge in [-0.3, -0.25) is 4.79 Å². The Bertz CT molecular complexity index is 244. The number of carboxylic acids is 1. The maximum Gasteiger partial charge on any atom is 0.317 e. The summed E-state index contributed by atoms with van der Waals surface area (Å²) in [5, 5.41) is 11.4. The highest BCUT2D eigenvalue weighted by Crippen LogP contribution is 2.02. The molecule has 0 aliphatic rings. The van der Waals surface area contributed by atoms with Crippen LogP contribution in [0.15, 0.2) is 0 Å². The Balaban J connectivity index is 3.90. The average molecular weight is 244 g/mol. The standard InChI is InChI=1S/C12H24N2O3/c1-4-7-10(5-2)13-12(17)14(3)9-6-8-11(15)16/h10H,4-9H2,1-3H3,(H,13,17)(H,15,16). The largest absolute Gasteiger partial charge is 0.481 e. The predicted octanol–water partition coefficient (Wildman–Crippen LogP) is 2.07. The second-order valence-electron chi connectivity index (χ2n) is 4.26. The van der Waals surface area contributed by atoms with Gasteiger partial charge in [0.1, 0.15) is 0 Å². The van der Waals surface area contributed by atoms with Crippen molar-refractivity contribution in [3.05, 3.63) is 0 Å². The average Bonchev–Trinajstić information content (AvgIpc) is 2.27. The minimum atomic E-state index is -0.823. The highest BCUT2D eigenvalue weighted by atomic mass is 16.4. The van der Waals surface area contributed by atoms with Crippen molar-refractivity contribution in [1.82, 2.24) is 10.2 Å². The van der Waals surface area contributed by atoms with Gasteiger partial charge in [-0.2, -0.15) is 0 Å². The topological polar surface area (TPSA) is 69.6 Å². The molecule has 0 heterocycles. The van der Waals surface area contributed by atoms with Gasteiger partial charge in [0.25, 0.3) is 0 Å². The lowest BCUT2D eigenvalue weighted by Gasteiger charge is -2.22. The summed E-state index contributed by atoms with van der Waals surface area (Å²) in [5.74, 6) is -0.823. The summed E-state index contributed by atoms with van der Waals surface area (Å²) in [6.07, 6.45) is 3.53. The molecule has 1 unspecified atom stereocenters. The van der Waals surface area contributed by atoms with E-state index in [0.29, 0.717) is 13.0 Å². The van der Waals surface area contributed by atoms with Crippen molar-refractivity contribution in [2.75, 3.05) is 13.6 Å².